The van der Waals surface area contributed by atoms with Crippen LogP contribution < -0.4 is 5.73 Å². The summed E-state index contributed by atoms with van der Waals surface area (Å²) < 4.78 is 7.52. The van der Waals surface area contributed by atoms with E-state index in [4.69, 9.17) is 10.5 Å². The molecule has 1 rings (SSSR count). The molecule has 2 N–H and O–H groups in total. The largest absolute Gasteiger partial charge is 0.366 e. The van der Waals surface area contributed by atoms with Gasteiger partial charge in [-0.05, 0) is 20.8 Å². The number of rotatable bonds is 4. The minimum atomic E-state index is -0.306. The quantitative estimate of drug-likeness (QED) is 0.759. The fourth-order valence-electron chi connectivity index (χ4n) is 0.896. The van der Waals surface area contributed by atoms with Crippen molar-refractivity contribution in [2.45, 2.75) is 33.0 Å². The Hall–Kier alpha value is -0.940. The Balaban J connectivity index is 2.58. The first-order valence-corrected chi connectivity index (χ1v) is 4.65. The number of aryl methyl sites for hydroxylation is 1. The summed E-state index contributed by atoms with van der Waals surface area (Å²) in [5, 5.41) is 7.94. The maximum Gasteiger partial charge on any atom is 0.158 e. The zero-order valence-corrected chi connectivity index (χ0v) is 9.24. The molecule has 1 aromatic rings. The van der Waals surface area contributed by atoms with Crippen LogP contribution in [-0.2, 0) is 18.4 Å². The van der Waals surface area contributed by atoms with Gasteiger partial charge in [0.15, 0.2) is 5.82 Å². The van der Waals surface area contributed by atoms with Crippen molar-refractivity contribution in [3.8, 4) is 0 Å². The Morgan fingerprint density at radius 1 is 1.43 bits per heavy atom. The molecule has 0 spiro atoms. The van der Waals surface area contributed by atoms with Crippen LogP contribution in [0.25, 0.3) is 0 Å². The molecule has 0 aliphatic heterocycles. The Morgan fingerprint density at radius 2 is 2.07 bits per heavy atom. The predicted octanol–water partition coefficient (Wildman–Crippen LogP) is 0.377. The van der Waals surface area contributed by atoms with Crippen LogP contribution in [0, 0.1) is 6.92 Å². The van der Waals surface area contributed by atoms with Crippen molar-refractivity contribution in [2.75, 3.05) is 6.54 Å². The molecule has 0 fully saturated rings. The molecule has 0 aromatic carbocycles. The maximum absolute atomic E-state index is 5.61. The summed E-state index contributed by atoms with van der Waals surface area (Å²) in [6.07, 6.45) is 0. The van der Waals surface area contributed by atoms with Crippen molar-refractivity contribution < 1.29 is 4.74 Å². The Labute approximate surface area is 84.3 Å². The number of nitrogens with two attached hydrogens (primary N) is 1. The second kappa shape index (κ2) is 4.06. The summed E-state index contributed by atoms with van der Waals surface area (Å²) in [5.74, 6) is 1.71. The molecular weight excluding hydrogens is 180 g/mol. The maximum atomic E-state index is 5.61. The zero-order valence-electron chi connectivity index (χ0n) is 9.24. The number of hydrogen-bond acceptors (Lipinski definition) is 4. The summed E-state index contributed by atoms with van der Waals surface area (Å²) in [7, 11) is 1.92. The third kappa shape index (κ3) is 2.52. The second-order valence-electron chi connectivity index (χ2n) is 3.97. The van der Waals surface area contributed by atoms with Gasteiger partial charge in [-0.2, -0.15) is 0 Å². The smallest absolute Gasteiger partial charge is 0.158 e. The molecule has 0 aliphatic carbocycles. The van der Waals surface area contributed by atoms with Gasteiger partial charge in [0, 0.05) is 13.6 Å². The van der Waals surface area contributed by atoms with Gasteiger partial charge in [0.05, 0.1) is 5.60 Å². The van der Waals surface area contributed by atoms with Crippen LogP contribution >= 0.6 is 0 Å². The lowest BCUT2D eigenvalue weighted by Gasteiger charge is -2.22. The highest BCUT2D eigenvalue weighted by Crippen LogP contribution is 2.10. The summed E-state index contributed by atoms with van der Waals surface area (Å²) in [5.41, 5.74) is 5.24. The fraction of sp³-hybridized carbons (Fsp3) is 0.778. The van der Waals surface area contributed by atoms with Crippen LogP contribution in [0.4, 0.5) is 0 Å². The van der Waals surface area contributed by atoms with Gasteiger partial charge in [0.25, 0.3) is 0 Å². The second-order valence-corrected chi connectivity index (χ2v) is 3.97. The molecule has 0 radical (unpaired) electrons. The van der Waals surface area contributed by atoms with Crippen molar-refractivity contribution in [1.29, 1.82) is 0 Å². The summed E-state index contributed by atoms with van der Waals surface area (Å²) >= 11 is 0. The Morgan fingerprint density at radius 3 is 2.50 bits per heavy atom. The minimum absolute atomic E-state index is 0.306. The lowest BCUT2D eigenvalue weighted by Crippen LogP contribution is -2.34. The van der Waals surface area contributed by atoms with E-state index < -0.39 is 0 Å². The zero-order chi connectivity index (χ0) is 10.8. The van der Waals surface area contributed by atoms with E-state index in [0.717, 1.165) is 11.6 Å². The van der Waals surface area contributed by atoms with E-state index in [2.05, 4.69) is 10.2 Å². The van der Waals surface area contributed by atoms with E-state index in [1.807, 2.05) is 32.4 Å². The van der Waals surface area contributed by atoms with Crippen molar-refractivity contribution in [3.63, 3.8) is 0 Å². The van der Waals surface area contributed by atoms with E-state index in [9.17, 15) is 0 Å². The van der Waals surface area contributed by atoms with Crippen LogP contribution in [0.2, 0.25) is 0 Å². The van der Waals surface area contributed by atoms with Gasteiger partial charge in [-0.1, -0.05) is 0 Å². The molecule has 1 heterocycles. The molecule has 80 valence electrons. The Kier molecular flexibility index (Phi) is 3.23. The monoisotopic (exact) mass is 198 g/mol. The lowest BCUT2D eigenvalue weighted by molar-refractivity contribution is -0.0262. The van der Waals surface area contributed by atoms with Crippen molar-refractivity contribution in [3.05, 3.63) is 11.6 Å². The lowest BCUT2D eigenvalue weighted by atomic mass is 10.1. The highest BCUT2D eigenvalue weighted by atomic mass is 16.5. The molecule has 0 saturated heterocycles. The normalized spacial score (nSPS) is 12.1. The Bertz CT molecular complexity index is 306. The molecule has 5 nitrogen and oxygen atoms in total. The van der Waals surface area contributed by atoms with Crippen molar-refractivity contribution >= 4 is 0 Å². The first kappa shape index (κ1) is 11.1. The molecule has 0 amide bonds. The van der Waals surface area contributed by atoms with Gasteiger partial charge in [-0.15, -0.1) is 10.2 Å². The van der Waals surface area contributed by atoms with E-state index in [1.54, 1.807) is 0 Å². The van der Waals surface area contributed by atoms with Gasteiger partial charge < -0.3 is 15.0 Å². The standard InChI is InChI=1S/C9H18N4O/c1-7-11-12-8(13(7)4)5-14-9(2,3)6-10/h5-6,10H2,1-4H3. The van der Waals surface area contributed by atoms with Crippen molar-refractivity contribution in [1.82, 2.24) is 14.8 Å². The van der Waals surface area contributed by atoms with Gasteiger partial charge in [-0.3, -0.25) is 0 Å². The molecule has 14 heavy (non-hydrogen) atoms. The van der Waals surface area contributed by atoms with Crippen LogP contribution in [0.3, 0.4) is 0 Å². The average Bonchev–Trinajstić information content (AvgIpc) is 2.45. The average molecular weight is 198 g/mol. The van der Waals surface area contributed by atoms with Crippen LogP contribution in [-0.4, -0.2) is 26.9 Å². The number of hydrogen-bond donors (Lipinski definition) is 1. The molecule has 0 saturated carbocycles. The number of nitrogens with zero attached hydrogens (tertiary/aromatic N) is 3. The van der Waals surface area contributed by atoms with Gasteiger partial charge >= 0.3 is 0 Å². The molecule has 0 bridgehead atoms. The molecule has 0 unspecified atom stereocenters. The third-order valence-electron chi connectivity index (χ3n) is 2.27. The van der Waals surface area contributed by atoms with Crippen LogP contribution in [0.1, 0.15) is 25.5 Å². The minimum Gasteiger partial charge on any atom is -0.366 e. The SMILES string of the molecule is Cc1nnc(COC(C)(C)CN)n1C. The van der Waals surface area contributed by atoms with Crippen LogP contribution in [0.5, 0.6) is 0 Å². The molecule has 1 aromatic heterocycles. The summed E-state index contributed by atoms with van der Waals surface area (Å²) in [4.78, 5) is 0. The highest BCUT2D eigenvalue weighted by Gasteiger charge is 2.17. The van der Waals surface area contributed by atoms with Gasteiger partial charge in [0.2, 0.25) is 0 Å². The van der Waals surface area contributed by atoms with Gasteiger partial charge in [0.1, 0.15) is 12.4 Å². The van der Waals surface area contributed by atoms with E-state index in [1.165, 1.54) is 0 Å². The molecule has 0 aliphatic rings. The van der Waals surface area contributed by atoms with E-state index >= 15 is 0 Å². The number of aromatic nitrogens is 3. The predicted molar refractivity (Wildman–Crippen MR) is 53.7 cm³/mol. The van der Waals surface area contributed by atoms with Crippen molar-refractivity contribution in [2.24, 2.45) is 12.8 Å². The molecule has 5 heteroatoms. The summed E-state index contributed by atoms with van der Waals surface area (Å²) in [6.45, 7) is 6.75. The first-order chi connectivity index (χ1) is 6.46. The fourth-order valence-corrected chi connectivity index (χ4v) is 0.896. The first-order valence-electron chi connectivity index (χ1n) is 4.65. The van der Waals surface area contributed by atoms with Crippen LogP contribution in [0.15, 0.2) is 0 Å². The summed E-state index contributed by atoms with van der Waals surface area (Å²) in [6, 6.07) is 0. The highest BCUT2D eigenvalue weighted by molar-refractivity contribution is 4.91. The van der Waals surface area contributed by atoms with E-state index in [0.29, 0.717) is 13.2 Å². The van der Waals surface area contributed by atoms with Gasteiger partial charge in [-0.25, -0.2) is 0 Å². The topological polar surface area (TPSA) is 66.0 Å². The molecular formula is C9H18N4O. The third-order valence-corrected chi connectivity index (χ3v) is 2.27. The number of ether oxygens (including phenoxy) is 1. The molecule has 0 atom stereocenters. The van der Waals surface area contributed by atoms with E-state index in [-0.39, 0.29) is 5.60 Å².